The topological polar surface area (TPSA) is 115 Å². The van der Waals surface area contributed by atoms with E-state index in [0.717, 1.165) is 16.3 Å². The van der Waals surface area contributed by atoms with Gasteiger partial charge in [0.25, 0.3) is 5.56 Å². The van der Waals surface area contributed by atoms with Crippen molar-refractivity contribution in [3.8, 4) is 17.2 Å². The number of benzene rings is 4. The van der Waals surface area contributed by atoms with Gasteiger partial charge in [0, 0.05) is 0 Å². The number of carbonyl (C=O) groups is 2. The van der Waals surface area contributed by atoms with Gasteiger partial charge in [-0.2, -0.15) is 0 Å². The van der Waals surface area contributed by atoms with Crippen LogP contribution in [0.15, 0.2) is 98.3 Å². The highest BCUT2D eigenvalue weighted by atomic mass is 79.9. The van der Waals surface area contributed by atoms with E-state index in [1.165, 1.54) is 23.0 Å². The molecule has 0 bridgehead atoms. The summed E-state index contributed by atoms with van der Waals surface area (Å²) in [6.07, 6.45) is 1.73. The lowest BCUT2D eigenvalue weighted by atomic mass is 9.95. The van der Waals surface area contributed by atoms with E-state index in [0.29, 0.717) is 66.1 Å². The van der Waals surface area contributed by atoms with Crippen molar-refractivity contribution in [1.29, 1.82) is 0 Å². The van der Waals surface area contributed by atoms with Crippen LogP contribution in [-0.4, -0.2) is 43.4 Å². The first-order valence-electron chi connectivity index (χ1n) is 16.4. The highest BCUT2D eigenvalue weighted by molar-refractivity contribution is 9.10. The molecule has 1 aliphatic heterocycles. The Labute approximate surface area is 316 Å². The second-order valence-corrected chi connectivity index (χ2v) is 13.8. The van der Waals surface area contributed by atoms with Crippen LogP contribution in [0.3, 0.4) is 0 Å². The van der Waals surface area contributed by atoms with Crippen LogP contribution in [-0.2, 0) is 25.7 Å². The predicted molar refractivity (Wildman–Crippen MR) is 203 cm³/mol. The lowest BCUT2D eigenvalue weighted by Crippen LogP contribution is -2.40. The van der Waals surface area contributed by atoms with Gasteiger partial charge in [0.2, 0.25) is 0 Å². The largest absolute Gasteiger partial charge is 0.490 e. The minimum absolute atomic E-state index is 0.133. The maximum absolute atomic E-state index is 14.3. The summed E-state index contributed by atoms with van der Waals surface area (Å²) < 4.78 is 30.3. The molecular weight excluding hydrogens is 772 g/mol. The molecule has 5 aromatic rings. The van der Waals surface area contributed by atoms with Crippen LogP contribution in [0.1, 0.15) is 43.5 Å². The average molecular weight is 806 g/mol. The number of methoxy groups -OCH3 is 1. The van der Waals surface area contributed by atoms with Crippen molar-refractivity contribution in [2.75, 3.05) is 26.9 Å². The van der Waals surface area contributed by atoms with E-state index < -0.39 is 18.0 Å². The van der Waals surface area contributed by atoms with E-state index in [2.05, 4.69) is 39.1 Å². The number of halogens is 2. The molecule has 13 heteroatoms. The molecule has 0 N–H and O–H groups in total. The second kappa shape index (κ2) is 16.2. The van der Waals surface area contributed by atoms with Gasteiger partial charge in [-0.05, 0) is 94.5 Å². The first kappa shape index (κ1) is 36.9. The first-order chi connectivity index (χ1) is 25.1. The molecule has 1 aromatic heterocycles. The van der Waals surface area contributed by atoms with E-state index in [9.17, 15) is 14.4 Å². The van der Waals surface area contributed by atoms with Crippen molar-refractivity contribution in [2.24, 2.45) is 4.99 Å². The summed E-state index contributed by atoms with van der Waals surface area (Å²) in [6.45, 7) is 5.64. The van der Waals surface area contributed by atoms with Crippen LogP contribution in [0.5, 0.6) is 17.2 Å². The molecule has 0 radical (unpaired) electrons. The standard InChI is InChI=1S/C39H34BrClN2O8S/c1-5-48-31-19-25(14-15-30(31)50-21-33(44)47-4)35-34(38(46)49-6-2)22(3)42-39-43(35)37(45)32(52-39)18-23-16-28(40)36(29(41)17-23)51-20-26-12-9-11-24-10-7-8-13-27(24)26/h7-19,35H,5-6,20-21H2,1-4H3/b32-18-/t35-/m0/s1. The minimum Gasteiger partial charge on any atom is -0.490 e. The smallest absolute Gasteiger partial charge is 0.343 e. The highest BCUT2D eigenvalue weighted by Gasteiger charge is 2.34. The van der Waals surface area contributed by atoms with E-state index in [1.54, 1.807) is 44.2 Å². The van der Waals surface area contributed by atoms with Gasteiger partial charge in [-0.15, -0.1) is 0 Å². The third-order valence-electron chi connectivity index (χ3n) is 8.24. The summed E-state index contributed by atoms with van der Waals surface area (Å²) in [4.78, 5) is 44.5. The van der Waals surface area contributed by atoms with E-state index in [-0.39, 0.29) is 24.3 Å². The minimum atomic E-state index is -0.897. The number of esters is 2. The van der Waals surface area contributed by atoms with Crippen molar-refractivity contribution < 1.29 is 33.3 Å². The molecule has 0 amide bonds. The maximum atomic E-state index is 14.3. The molecule has 1 atom stereocenters. The monoisotopic (exact) mass is 804 g/mol. The van der Waals surface area contributed by atoms with E-state index in [4.69, 9.17) is 35.3 Å². The van der Waals surface area contributed by atoms with Crippen molar-refractivity contribution >= 4 is 67.7 Å². The number of thiazole rings is 1. The van der Waals surface area contributed by atoms with Crippen LogP contribution in [0.25, 0.3) is 16.8 Å². The average Bonchev–Trinajstić information content (AvgIpc) is 3.43. The van der Waals surface area contributed by atoms with E-state index >= 15 is 0 Å². The van der Waals surface area contributed by atoms with Crippen molar-refractivity contribution in [3.63, 3.8) is 0 Å². The Kier molecular flexibility index (Phi) is 11.5. The SMILES string of the molecule is CCOC(=O)C1=C(C)N=c2s/c(=C\c3cc(Cl)c(OCc4cccc5ccccc45)c(Br)c3)c(=O)n2[C@H]1c1ccc(OCC(=O)OC)c(OCC)c1. The first-order valence-corrected chi connectivity index (χ1v) is 18.4. The van der Waals surface area contributed by atoms with Gasteiger partial charge >= 0.3 is 11.9 Å². The van der Waals surface area contributed by atoms with Crippen molar-refractivity contribution in [2.45, 2.75) is 33.4 Å². The normalized spacial score (nSPS) is 14.1. The number of hydrogen-bond donors (Lipinski definition) is 0. The molecule has 0 unspecified atom stereocenters. The fourth-order valence-corrected chi connectivity index (χ4v) is 7.94. The summed E-state index contributed by atoms with van der Waals surface area (Å²) in [5.41, 5.74) is 2.50. The molecule has 6 rings (SSSR count). The van der Waals surface area contributed by atoms with Crippen molar-refractivity contribution in [3.05, 3.63) is 130 Å². The van der Waals surface area contributed by atoms with Crippen LogP contribution in [0.2, 0.25) is 5.02 Å². The Morgan fingerprint density at radius 1 is 0.981 bits per heavy atom. The Morgan fingerprint density at radius 3 is 2.52 bits per heavy atom. The summed E-state index contributed by atoms with van der Waals surface area (Å²) >= 11 is 11.6. The number of carbonyl (C=O) groups excluding carboxylic acids is 2. The molecule has 268 valence electrons. The lowest BCUT2D eigenvalue weighted by molar-refractivity contribution is -0.143. The number of ether oxygens (including phenoxy) is 5. The Morgan fingerprint density at radius 2 is 1.77 bits per heavy atom. The number of allylic oxidation sites excluding steroid dienone is 1. The van der Waals surface area contributed by atoms with E-state index in [1.807, 2.05) is 37.3 Å². The van der Waals surface area contributed by atoms with Gasteiger partial charge in [0.1, 0.15) is 6.61 Å². The molecule has 0 saturated heterocycles. The molecule has 4 aromatic carbocycles. The molecule has 52 heavy (non-hydrogen) atoms. The number of nitrogens with zero attached hydrogens (tertiary/aromatic N) is 2. The van der Waals surface area contributed by atoms with Crippen LogP contribution in [0, 0.1) is 0 Å². The van der Waals surface area contributed by atoms with Crippen LogP contribution < -0.4 is 29.1 Å². The van der Waals surface area contributed by atoms with Gasteiger partial charge < -0.3 is 23.7 Å². The number of aromatic nitrogens is 1. The summed E-state index contributed by atoms with van der Waals surface area (Å²) in [5, 5.41) is 2.58. The number of fused-ring (bicyclic) bond motifs is 2. The summed E-state index contributed by atoms with van der Waals surface area (Å²) in [6, 6.07) is 21.9. The highest BCUT2D eigenvalue weighted by Crippen LogP contribution is 2.38. The second-order valence-electron chi connectivity index (χ2n) is 11.5. The van der Waals surface area contributed by atoms with Gasteiger partial charge in [0.05, 0.1) is 51.7 Å². The maximum Gasteiger partial charge on any atom is 0.343 e. The zero-order valence-electron chi connectivity index (χ0n) is 28.7. The fourth-order valence-electron chi connectivity index (χ4n) is 5.91. The zero-order valence-corrected chi connectivity index (χ0v) is 31.9. The molecule has 0 fully saturated rings. The Hall–Kier alpha value is -4.91. The molecule has 1 aliphatic rings. The van der Waals surface area contributed by atoms with Gasteiger partial charge in [-0.1, -0.05) is 71.5 Å². The van der Waals surface area contributed by atoms with Gasteiger partial charge in [-0.25, -0.2) is 14.6 Å². The summed E-state index contributed by atoms with van der Waals surface area (Å²) in [7, 11) is 1.27. The molecule has 2 heterocycles. The predicted octanol–water partition coefficient (Wildman–Crippen LogP) is 6.90. The van der Waals surface area contributed by atoms with Gasteiger partial charge in [0.15, 0.2) is 28.7 Å². The molecule has 0 aliphatic carbocycles. The fraction of sp³-hybridized carbons (Fsp3) is 0.231. The molecular formula is C39H34BrClN2O8S. The number of hydrogen-bond acceptors (Lipinski definition) is 10. The zero-order chi connectivity index (χ0) is 36.9. The quantitative estimate of drug-likeness (QED) is 0.125. The van der Waals surface area contributed by atoms with Crippen LogP contribution in [0.4, 0.5) is 0 Å². The molecule has 10 nitrogen and oxygen atoms in total. The Bertz CT molecular complexity index is 2380. The van der Waals surface area contributed by atoms with Gasteiger partial charge in [-0.3, -0.25) is 9.36 Å². The number of rotatable bonds is 12. The van der Waals surface area contributed by atoms with Crippen molar-refractivity contribution in [1.82, 2.24) is 4.57 Å². The van der Waals surface area contributed by atoms with Crippen LogP contribution >= 0.6 is 38.9 Å². The third kappa shape index (κ3) is 7.64. The lowest BCUT2D eigenvalue weighted by Gasteiger charge is -2.25. The molecule has 0 spiro atoms. The molecule has 0 saturated carbocycles. The summed E-state index contributed by atoms with van der Waals surface area (Å²) in [5.74, 6) is -0.0491. The Balaban J connectivity index is 1.38. The third-order valence-corrected chi connectivity index (χ3v) is 10.1.